The van der Waals surface area contributed by atoms with Gasteiger partial charge in [0.05, 0.1) is 6.61 Å². The molecule has 28 heavy (non-hydrogen) atoms. The number of rotatable bonds is 9. The molecule has 1 unspecified atom stereocenters. The minimum absolute atomic E-state index is 0.290. The first-order chi connectivity index (χ1) is 13.7. The van der Waals surface area contributed by atoms with Crippen molar-refractivity contribution in [2.24, 2.45) is 0 Å². The third-order valence-corrected chi connectivity index (χ3v) is 4.78. The second-order valence-corrected chi connectivity index (χ2v) is 6.94. The minimum atomic E-state index is -1.20. The van der Waals surface area contributed by atoms with E-state index in [2.05, 4.69) is 67.2 Å². The van der Waals surface area contributed by atoms with Crippen LogP contribution >= 0.6 is 0 Å². The summed E-state index contributed by atoms with van der Waals surface area (Å²) < 4.78 is 18.9. The number of halogens is 1. The maximum absolute atomic E-state index is 13.6. The van der Waals surface area contributed by atoms with Crippen LogP contribution < -0.4 is 0 Å². The van der Waals surface area contributed by atoms with Gasteiger partial charge in [0.1, 0.15) is 0 Å². The van der Waals surface area contributed by atoms with E-state index in [1.54, 1.807) is 0 Å². The first-order valence-corrected chi connectivity index (χ1v) is 9.85. The van der Waals surface area contributed by atoms with Crippen LogP contribution in [0.2, 0.25) is 0 Å². The van der Waals surface area contributed by atoms with E-state index in [4.69, 9.17) is 4.74 Å². The molecule has 3 rings (SSSR count). The highest BCUT2D eigenvalue weighted by molar-refractivity contribution is 5.72. The zero-order chi connectivity index (χ0) is 19.8. The van der Waals surface area contributed by atoms with Crippen molar-refractivity contribution in [2.75, 3.05) is 0 Å². The van der Waals surface area contributed by atoms with Gasteiger partial charge >= 0.3 is 0 Å². The van der Waals surface area contributed by atoms with E-state index in [9.17, 15) is 4.39 Å². The van der Waals surface area contributed by atoms with E-state index >= 15 is 0 Å². The molecule has 0 spiro atoms. The third kappa shape index (κ3) is 5.17. The number of alkyl halides is 1. The molecule has 1 atom stereocenters. The first kappa shape index (κ1) is 20.0. The molecule has 2 heteroatoms. The van der Waals surface area contributed by atoms with E-state index in [0.29, 0.717) is 13.0 Å². The van der Waals surface area contributed by atoms with Gasteiger partial charge in [-0.25, -0.2) is 4.39 Å². The number of allylic oxidation sites excluding steroid dienone is 1. The highest BCUT2D eigenvalue weighted by Gasteiger charge is 2.09. The molecular weight excluding hydrogens is 347 g/mol. The van der Waals surface area contributed by atoms with Crippen LogP contribution in [0.5, 0.6) is 0 Å². The summed E-state index contributed by atoms with van der Waals surface area (Å²) in [7, 11) is 0. The summed E-state index contributed by atoms with van der Waals surface area (Å²) in [6.07, 6.45) is 2.68. The SMILES string of the molecule is C=CCc1cc(COC(F)CCC)ccc1-c1ccc(-c2ccccc2)cc1. The summed E-state index contributed by atoms with van der Waals surface area (Å²) >= 11 is 0. The van der Waals surface area contributed by atoms with Gasteiger partial charge in [0.15, 0.2) is 6.36 Å². The fourth-order valence-corrected chi connectivity index (χ4v) is 3.31. The molecule has 0 aliphatic rings. The van der Waals surface area contributed by atoms with E-state index in [-0.39, 0.29) is 0 Å². The number of benzene rings is 3. The number of hydrogen-bond donors (Lipinski definition) is 0. The average molecular weight is 374 g/mol. The van der Waals surface area contributed by atoms with Gasteiger partial charge in [-0.05, 0) is 39.8 Å². The largest absolute Gasteiger partial charge is 0.343 e. The van der Waals surface area contributed by atoms with Gasteiger partial charge in [0.2, 0.25) is 0 Å². The van der Waals surface area contributed by atoms with Crippen molar-refractivity contribution in [1.82, 2.24) is 0 Å². The summed E-state index contributed by atoms with van der Waals surface area (Å²) in [5.41, 5.74) is 6.91. The molecule has 0 heterocycles. The van der Waals surface area contributed by atoms with E-state index in [1.807, 2.05) is 25.1 Å². The fourth-order valence-electron chi connectivity index (χ4n) is 3.31. The molecule has 0 saturated heterocycles. The zero-order valence-electron chi connectivity index (χ0n) is 16.4. The van der Waals surface area contributed by atoms with E-state index < -0.39 is 6.36 Å². The molecule has 0 aromatic heterocycles. The van der Waals surface area contributed by atoms with Crippen LogP contribution in [0.3, 0.4) is 0 Å². The highest BCUT2D eigenvalue weighted by atomic mass is 19.1. The van der Waals surface area contributed by atoms with Crippen LogP contribution in [0.1, 0.15) is 30.9 Å². The molecule has 0 aliphatic carbocycles. The third-order valence-electron chi connectivity index (χ3n) is 4.78. The van der Waals surface area contributed by atoms with Crippen molar-refractivity contribution in [3.63, 3.8) is 0 Å². The molecule has 3 aromatic rings. The molecule has 144 valence electrons. The number of hydrogen-bond acceptors (Lipinski definition) is 1. The number of ether oxygens (including phenoxy) is 1. The summed E-state index contributed by atoms with van der Waals surface area (Å²) in [4.78, 5) is 0. The predicted molar refractivity (Wildman–Crippen MR) is 116 cm³/mol. The van der Waals surface area contributed by atoms with Crippen molar-refractivity contribution in [3.8, 4) is 22.3 Å². The summed E-state index contributed by atoms with van der Waals surface area (Å²) in [5, 5.41) is 0. The Balaban J connectivity index is 1.81. The molecule has 0 aliphatic heterocycles. The molecule has 0 N–H and O–H groups in total. The first-order valence-electron chi connectivity index (χ1n) is 9.85. The zero-order valence-corrected chi connectivity index (χ0v) is 16.4. The van der Waals surface area contributed by atoms with Crippen LogP contribution in [0, 0.1) is 0 Å². The van der Waals surface area contributed by atoms with Crippen molar-refractivity contribution < 1.29 is 9.13 Å². The molecule has 3 aromatic carbocycles. The van der Waals surface area contributed by atoms with Crippen molar-refractivity contribution in [2.45, 2.75) is 39.2 Å². The van der Waals surface area contributed by atoms with Gasteiger partial charge in [-0.2, -0.15) is 0 Å². The second-order valence-electron chi connectivity index (χ2n) is 6.94. The molecule has 0 saturated carbocycles. The smallest absolute Gasteiger partial charge is 0.199 e. The maximum atomic E-state index is 13.6. The van der Waals surface area contributed by atoms with Crippen LogP contribution in [0.25, 0.3) is 22.3 Å². The Morgan fingerprint density at radius 3 is 2.29 bits per heavy atom. The standard InChI is InChI=1S/C26H27FO/c1-3-8-24-18-20(19-28-26(27)9-4-2)12-17-25(24)23-15-13-22(14-16-23)21-10-6-5-7-11-21/h3,5-7,10-18,26H,1,4,8-9,19H2,2H3. The van der Waals surface area contributed by atoms with Crippen LogP contribution in [-0.2, 0) is 17.8 Å². The van der Waals surface area contributed by atoms with Crippen LogP contribution in [0.4, 0.5) is 4.39 Å². The quantitative estimate of drug-likeness (QED) is 0.355. The Morgan fingerprint density at radius 2 is 1.61 bits per heavy atom. The van der Waals surface area contributed by atoms with Gasteiger partial charge < -0.3 is 4.74 Å². The predicted octanol–water partition coefficient (Wildman–Crippen LogP) is 7.36. The van der Waals surface area contributed by atoms with Crippen LogP contribution in [-0.4, -0.2) is 6.36 Å². The second kappa shape index (κ2) is 10.0. The minimum Gasteiger partial charge on any atom is -0.343 e. The van der Waals surface area contributed by atoms with Gasteiger partial charge in [-0.1, -0.05) is 92.2 Å². The van der Waals surface area contributed by atoms with Crippen molar-refractivity contribution in [1.29, 1.82) is 0 Å². The lowest BCUT2D eigenvalue weighted by Gasteiger charge is -2.13. The highest BCUT2D eigenvalue weighted by Crippen LogP contribution is 2.29. The molecule has 0 bridgehead atoms. The summed E-state index contributed by atoms with van der Waals surface area (Å²) in [6.45, 7) is 6.13. The Bertz CT molecular complexity index is 884. The van der Waals surface area contributed by atoms with Gasteiger partial charge in [-0.3, -0.25) is 0 Å². The summed E-state index contributed by atoms with van der Waals surface area (Å²) in [5.74, 6) is 0. The van der Waals surface area contributed by atoms with Gasteiger partial charge in [0.25, 0.3) is 0 Å². The van der Waals surface area contributed by atoms with Gasteiger partial charge in [-0.15, -0.1) is 6.58 Å². The fraction of sp³-hybridized carbons (Fsp3) is 0.231. The van der Waals surface area contributed by atoms with E-state index in [0.717, 1.165) is 18.4 Å². The maximum Gasteiger partial charge on any atom is 0.199 e. The Labute approximate surface area is 167 Å². The Kier molecular flexibility index (Phi) is 7.16. The van der Waals surface area contributed by atoms with Gasteiger partial charge in [0, 0.05) is 6.42 Å². The Morgan fingerprint density at radius 1 is 0.929 bits per heavy atom. The van der Waals surface area contributed by atoms with Crippen molar-refractivity contribution in [3.05, 3.63) is 96.6 Å². The lowest BCUT2D eigenvalue weighted by molar-refractivity contribution is -0.0538. The molecule has 0 amide bonds. The topological polar surface area (TPSA) is 9.23 Å². The van der Waals surface area contributed by atoms with Crippen molar-refractivity contribution >= 4 is 0 Å². The molecule has 0 radical (unpaired) electrons. The van der Waals surface area contributed by atoms with E-state index in [1.165, 1.54) is 27.8 Å². The Hall–Kier alpha value is -2.71. The van der Waals surface area contributed by atoms with Crippen LogP contribution in [0.15, 0.2) is 85.5 Å². The lowest BCUT2D eigenvalue weighted by atomic mass is 9.94. The lowest BCUT2D eigenvalue weighted by Crippen LogP contribution is -2.06. The molecule has 1 nitrogen and oxygen atoms in total. The molecular formula is C26H27FO. The monoisotopic (exact) mass is 374 g/mol. The normalized spacial score (nSPS) is 11.9. The molecule has 0 fully saturated rings. The average Bonchev–Trinajstić information content (AvgIpc) is 2.74. The summed E-state index contributed by atoms with van der Waals surface area (Å²) in [6, 6.07) is 25.2.